The quantitative estimate of drug-likeness (QED) is 0.266. The molecule has 0 bridgehead atoms. The van der Waals surface area contributed by atoms with Crippen LogP contribution in [-0.4, -0.2) is 22.4 Å². The van der Waals surface area contributed by atoms with Crippen molar-refractivity contribution in [2.24, 2.45) is 5.10 Å². The molecule has 0 spiro atoms. The van der Waals surface area contributed by atoms with Crippen LogP contribution in [0.5, 0.6) is 0 Å². The van der Waals surface area contributed by atoms with Crippen LogP contribution in [0.25, 0.3) is 0 Å². The van der Waals surface area contributed by atoms with Gasteiger partial charge in [-0.2, -0.15) is 18.3 Å². The highest BCUT2D eigenvalue weighted by molar-refractivity contribution is 6.34. The van der Waals surface area contributed by atoms with E-state index in [0.29, 0.717) is 41.9 Å². The van der Waals surface area contributed by atoms with Crippen LogP contribution in [0.2, 0.25) is 10.0 Å². The normalized spacial score (nSPS) is 14.2. The summed E-state index contributed by atoms with van der Waals surface area (Å²) in [6.07, 6.45) is -3.16. The molecule has 0 saturated carbocycles. The minimum absolute atomic E-state index is 0.0385. The van der Waals surface area contributed by atoms with Gasteiger partial charge in [-0.1, -0.05) is 23.2 Å². The number of carbonyl (C=O) groups is 2. The van der Waals surface area contributed by atoms with Gasteiger partial charge in [-0.25, -0.2) is 5.43 Å². The van der Waals surface area contributed by atoms with Crippen LogP contribution in [-0.2, 0) is 12.6 Å². The third kappa shape index (κ3) is 5.50. The van der Waals surface area contributed by atoms with Gasteiger partial charge < -0.3 is 9.73 Å². The highest BCUT2D eigenvalue weighted by atomic mass is 35.5. The Morgan fingerprint density at radius 3 is 2.47 bits per heavy atom. The summed E-state index contributed by atoms with van der Waals surface area (Å²) < 4.78 is 45.0. The van der Waals surface area contributed by atoms with Gasteiger partial charge >= 0.3 is 6.18 Å². The van der Waals surface area contributed by atoms with Crippen LogP contribution in [0.3, 0.4) is 0 Å². The van der Waals surface area contributed by atoms with E-state index in [-0.39, 0.29) is 27.1 Å². The molecule has 1 aliphatic carbocycles. The number of aryl methyl sites for hydroxylation is 1. The summed E-state index contributed by atoms with van der Waals surface area (Å²) in [5.74, 6) is -1.25. The highest BCUT2D eigenvalue weighted by Crippen LogP contribution is 2.35. The maximum atomic E-state index is 13.1. The number of alkyl halides is 3. The number of furan rings is 1. The number of nitro benzene ring substituents is 1. The van der Waals surface area contributed by atoms with Gasteiger partial charge in [0.05, 0.1) is 26.9 Å². The standard InChI is InChI=1S/C24H17Cl2F3N4O5/c1-11-20-16(31-32-22(34)12-5-7-15(26)18(9-12)33(36)37)3-2-4-19(20)38-21(11)23(35)30-17-10-13(24(27,28)29)6-8-14(17)25/h5-10H,2-4H2,1H3,(H,30,35)(H,32,34)/b31-16+. The number of nitrogens with one attached hydrogen (secondary N) is 2. The van der Waals surface area contributed by atoms with Gasteiger partial charge in [0.1, 0.15) is 10.8 Å². The van der Waals surface area contributed by atoms with Crippen molar-refractivity contribution >= 4 is 52.1 Å². The average molecular weight is 569 g/mol. The summed E-state index contributed by atoms with van der Waals surface area (Å²) in [5, 5.41) is 17.4. The SMILES string of the molecule is Cc1c(C(=O)Nc2cc(C(F)(F)F)ccc2Cl)oc2c1/C(=N/NC(=O)c1ccc(Cl)c([N+](=O)[O-])c1)CCC2. The molecule has 0 saturated heterocycles. The lowest BCUT2D eigenvalue weighted by Crippen LogP contribution is -2.22. The zero-order valence-electron chi connectivity index (χ0n) is 19.4. The molecule has 2 N–H and O–H groups in total. The van der Waals surface area contributed by atoms with E-state index < -0.39 is 34.2 Å². The lowest BCUT2D eigenvalue weighted by molar-refractivity contribution is -0.384. The molecule has 0 radical (unpaired) electrons. The molecule has 0 atom stereocenters. The fraction of sp³-hybridized carbons (Fsp3) is 0.208. The maximum Gasteiger partial charge on any atom is 0.416 e. The first kappa shape index (κ1) is 27.1. The summed E-state index contributed by atoms with van der Waals surface area (Å²) in [6.45, 7) is 1.58. The van der Waals surface area contributed by atoms with E-state index in [1.165, 1.54) is 12.1 Å². The number of nitro groups is 1. The molecule has 38 heavy (non-hydrogen) atoms. The van der Waals surface area contributed by atoms with Crippen LogP contribution in [0.1, 0.15) is 56.2 Å². The molecular formula is C24H17Cl2F3N4O5. The molecule has 2 amide bonds. The number of amides is 2. The van der Waals surface area contributed by atoms with Gasteiger partial charge in [-0.05, 0) is 50.1 Å². The minimum atomic E-state index is -4.63. The second-order valence-corrected chi connectivity index (χ2v) is 9.09. The molecule has 0 unspecified atom stereocenters. The smallest absolute Gasteiger partial charge is 0.416 e. The van der Waals surface area contributed by atoms with Crippen molar-refractivity contribution in [2.45, 2.75) is 32.4 Å². The van der Waals surface area contributed by atoms with Crippen molar-refractivity contribution in [2.75, 3.05) is 5.32 Å². The van der Waals surface area contributed by atoms with E-state index in [1.807, 2.05) is 0 Å². The predicted octanol–water partition coefficient (Wildman–Crippen LogP) is 6.54. The Morgan fingerprint density at radius 1 is 1.08 bits per heavy atom. The molecule has 198 valence electrons. The number of rotatable bonds is 5. The van der Waals surface area contributed by atoms with E-state index in [9.17, 15) is 32.9 Å². The first-order chi connectivity index (χ1) is 17.9. The largest absolute Gasteiger partial charge is 0.455 e. The average Bonchev–Trinajstić information content (AvgIpc) is 3.20. The van der Waals surface area contributed by atoms with Crippen molar-refractivity contribution in [1.29, 1.82) is 0 Å². The zero-order chi connectivity index (χ0) is 27.8. The summed E-state index contributed by atoms with van der Waals surface area (Å²) >= 11 is 11.8. The molecule has 1 aliphatic rings. The van der Waals surface area contributed by atoms with Gasteiger partial charge in [0, 0.05) is 29.2 Å². The molecule has 9 nitrogen and oxygen atoms in total. The molecule has 1 heterocycles. The topological polar surface area (TPSA) is 127 Å². The Labute approximate surface area is 222 Å². The van der Waals surface area contributed by atoms with Gasteiger partial charge in [-0.15, -0.1) is 0 Å². The van der Waals surface area contributed by atoms with E-state index in [4.69, 9.17) is 27.6 Å². The molecule has 14 heteroatoms. The second-order valence-electron chi connectivity index (χ2n) is 8.28. The number of anilines is 1. The molecule has 2 aromatic carbocycles. The molecule has 1 aromatic heterocycles. The predicted molar refractivity (Wildman–Crippen MR) is 133 cm³/mol. The van der Waals surface area contributed by atoms with Crippen molar-refractivity contribution in [3.63, 3.8) is 0 Å². The number of carbonyl (C=O) groups excluding carboxylic acids is 2. The Bertz CT molecular complexity index is 1500. The number of hydrogen-bond acceptors (Lipinski definition) is 6. The highest BCUT2D eigenvalue weighted by Gasteiger charge is 2.32. The first-order valence-electron chi connectivity index (χ1n) is 11.0. The lowest BCUT2D eigenvalue weighted by atomic mass is 9.93. The maximum absolute atomic E-state index is 13.1. The third-order valence-electron chi connectivity index (χ3n) is 5.77. The van der Waals surface area contributed by atoms with E-state index >= 15 is 0 Å². The number of halogens is 5. The second kappa shape index (κ2) is 10.5. The van der Waals surface area contributed by atoms with Crippen molar-refractivity contribution in [3.8, 4) is 0 Å². The molecule has 3 aromatic rings. The Balaban J connectivity index is 1.58. The van der Waals surface area contributed by atoms with Crippen LogP contribution in [0.4, 0.5) is 24.5 Å². The van der Waals surface area contributed by atoms with Crippen molar-refractivity contribution in [1.82, 2.24) is 5.43 Å². The van der Waals surface area contributed by atoms with Gasteiger partial charge in [0.15, 0.2) is 5.76 Å². The lowest BCUT2D eigenvalue weighted by Gasteiger charge is -2.13. The number of hydrazone groups is 1. The monoisotopic (exact) mass is 568 g/mol. The molecule has 0 fully saturated rings. The molecule has 0 aliphatic heterocycles. The third-order valence-corrected chi connectivity index (χ3v) is 6.42. The summed E-state index contributed by atoms with van der Waals surface area (Å²) in [4.78, 5) is 35.8. The zero-order valence-corrected chi connectivity index (χ0v) is 20.9. The Hall–Kier alpha value is -3.90. The summed E-state index contributed by atoms with van der Waals surface area (Å²) in [6, 6.07) is 6.11. The number of fused-ring (bicyclic) bond motifs is 1. The fourth-order valence-corrected chi connectivity index (χ4v) is 4.30. The van der Waals surface area contributed by atoms with Crippen LogP contribution < -0.4 is 10.7 Å². The Kier molecular flexibility index (Phi) is 7.47. The fourth-order valence-electron chi connectivity index (χ4n) is 3.95. The van der Waals surface area contributed by atoms with Crippen LogP contribution >= 0.6 is 23.2 Å². The number of nitrogens with zero attached hydrogens (tertiary/aromatic N) is 2. The van der Waals surface area contributed by atoms with E-state index in [2.05, 4.69) is 15.8 Å². The molecular weight excluding hydrogens is 552 g/mol. The number of benzene rings is 2. The van der Waals surface area contributed by atoms with E-state index in [0.717, 1.165) is 24.3 Å². The van der Waals surface area contributed by atoms with E-state index in [1.54, 1.807) is 6.92 Å². The minimum Gasteiger partial charge on any atom is -0.455 e. The first-order valence-corrected chi connectivity index (χ1v) is 11.7. The van der Waals surface area contributed by atoms with Crippen molar-refractivity contribution in [3.05, 3.63) is 90.3 Å². The summed E-state index contributed by atoms with van der Waals surface area (Å²) in [7, 11) is 0. The van der Waals surface area contributed by atoms with Gasteiger partial charge in [0.25, 0.3) is 17.5 Å². The van der Waals surface area contributed by atoms with Crippen LogP contribution in [0, 0.1) is 17.0 Å². The molecule has 4 rings (SSSR count). The summed E-state index contributed by atoms with van der Waals surface area (Å²) in [5.41, 5.74) is 1.91. The van der Waals surface area contributed by atoms with Gasteiger partial charge in [0.2, 0.25) is 0 Å². The van der Waals surface area contributed by atoms with Crippen LogP contribution in [0.15, 0.2) is 45.9 Å². The van der Waals surface area contributed by atoms with Gasteiger partial charge in [-0.3, -0.25) is 19.7 Å². The Morgan fingerprint density at radius 2 is 1.79 bits per heavy atom. The van der Waals surface area contributed by atoms with Crippen molar-refractivity contribution < 1.29 is 32.1 Å². The number of hydrogen-bond donors (Lipinski definition) is 2.